The highest BCUT2D eigenvalue weighted by Crippen LogP contribution is 2.25. The minimum absolute atomic E-state index is 0.354. The minimum Gasteiger partial charge on any atom is -0.466 e. The number of nitrogens with two attached hydrogens (primary N) is 1. The first kappa shape index (κ1) is 11.7. The zero-order chi connectivity index (χ0) is 11.7. The van der Waals surface area contributed by atoms with E-state index in [1.54, 1.807) is 0 Å². The van der Waals surface area contributed by atoms with E-state index in [2.05, 4.69) is 18.3 Å². The van der Waals surface area contributed by atoms with Crippen LogP contribution in [0.3, 0.4) is 0 Å². The van der Waals surface area contributed by atoms with Crippen molar-refractivity contribution in [3.63, 3.8) is 0 Å². The average Bonchev–Trinajstić information content (AvgIpc) is 2.73. The van der Waals surface area contributed by atoms with Crippen LogP contribution in [0.1, 0.15) is 49.3 Å². The summed E-state index contributed by atoms with van der Waals surface area (Å²) in [5, 5.41) is 3.64. The number of hydrogen-bond donors (Lipinski definition) is 2. The predicted octanol–water partition coefficient (Wildman–Crippen LogP) is 2.43. The lowest BCUT2D eigenvalue weighted by atomic mass is 10.1. The molecule has 3 unspecified atom stereocenters. The van der Waals surface area contributed by atoms with Crippen LogP contribution in [0.5, 0.6) is 0 Å². The summed E-state index contributed by atoms with van der Waals surface area (Å²) >= 11 is 0. The maximum absolute atomic E-state index is 5.92. The van der Waals surface area contributed by atoms with E-state index in [9.17, 15) is 0 Å². The summed E-state index contributed by atoms with van der Waals surface area (Å²) in [5.74, 6) is 2.02. The lowest BCUT2D eigenvalue weighted by Crippen LogP contribution is -2.30. The summed E-state index contributed by atoms with van der Waals surface area (Å²) in [4.78, 5) is 0. The van der Waals surface area contributed by atoms with E-state index in [4.69, 9.17) is 10.2 Å². The van der Waals surface area contributed by atoms with Gasteiger partial charge < -0.3 is 15.5 Å². The average molecular weight is 222 g/mol. The SMILES string of the molecule is Cc1cc(C(C)NC2CCC(N)C2)c(C)o1. The molecule has 0 spiro atoms. The Morgan fingerprint density at radius 2 is 2.19 bits per heavy atom. The van der Waals surface area contributed by atoms with Crippen LogP contribution in [0.25, 0.3) is 0 Å². The van der Waals surface area contributed by atoms with E-state index in [-0.39, 0.29) is 0 Å². The molecule has 0 amide bonds. The van der Waals surface area contributed by atoms with E-state index in [1.807, 2.05) is 13.8 Å². The summed E-state index contributed by atoms with van der Waals surface area (Å²) in [7, 11) is 0. The molecule has 1 fully saturated rings. The minimum atomic E-state index is 0.354. The molecule has 90 valence electrons. The molecule has 16 heavy (non-hydrogen) atoms. The molecule has 1 saturated carbocycles. The zero-order valence-corrected chi connectivity index (χ0v) is 10.4. The molecule has 0 saturated heterocycles. The highest BCUT2D eigenvalue weighted by Gasteiger charge is 2.24. The number of nitrogens with one attached hydrogen (secondary N) is 1. The molecule has 3 atom stereocenters. The number of furan rings is 1. The zero-order valence-electron chi connectivity index (χ0n) is 10.4. The fourth-order valence-electron chi connectivity index (χ4n) is 2.69. The summed E-state index contributed by atoms with van der Waals surface area (Å²) in [6.45, 7) is 6.22. The third kappa shape index (κ3) is 2.47. The normalized spacial score (nSPS) is 27.2. The highest BCUT2D eigenvalue weighted by molar-refractivity contribution is 5.23. The largest absolute Gasteiger partial charge is 0.466 e. The summed E-state index contributed by atoms with van der Waals surface area (Å²) in [6, 6.07) is 3.44. The van der Waals surface area contributed by atoms with Crippen LogP contribution in [0, 0.1) is 13.8 Å². The van der Waals surface area contributed by atoms with Crippen molar-refractivity contribution in [3.8, 4) is 0 Å². The molecule has 0 aliphatic heterocycles. The van der Waals surface area contributed by atoms with Crippen molar-refractivity contribution in [1.29, 1.82) is 0 Å². The molecule has 1 aliphatic rings. The summed E-state index contributed by atoms with van der Waals surface area (Å²) < 4.78 is 5.56. The second kappa shape index (κ2) is 4.60. The Morgan fingerprint density at radius 1 is 1.44 bits per heavy atom. The predicted molar refractivity (Wildman–Crippen MR) is 65.3 cm³/mol. The third-order valence-corrected chi connectivity index (χ3v) is 3.50. The lowest BCUT2D eigenvalue weighted by molar-refractivity contribution is 0.445. The van der Waals surface area contributed by atoms with Gasteiger partial charge in [0.25, 0.3) is 0 Å². The van der Waals surface area contributed by atoms with Gasteiger partial charge in [-0.1, -0.05) is 0 Å². The van der Waals surface area contributed by atoms with E-state index < -0.39 is 0 Å². The van der Waals surface area contributed by atoms with Gasteiger partial charge >= 0.3 is 0 Å². The molecule has 0 bridgehead atoms. The fraction of sp³-hybridized carbons (Fsp3) is 0.692. The second-order valence-corrected chi connectivity index (χ2v) is 5.03. The first-order chi connectivity index (χ1) is 7.56. The first-order valence-corrected chi connectivity index (χ1v) is 6.15. The molecule has 2 rings (SSSR count). The van der Waals surface area contributed by atoms with Crippen LogP contribution in [0.15, 0.2) is 10.5 Å². The van der Waals surface area contributed by atoms with Crippen LogP contribution in [-0.4, -0.2) is 12.1 Å². The van der Waals surface area contributed by atoms with Crippen molar-refractivity contribution in [2.24, 2.45) is 5.73 Å². The first-order valence-electron chi connectivity index (χ1n) is 6.15. The molecule has 1 aliphatic carbocycles. The van der Waals surface area contributed by atoms with Crippen molar-refractivity contribution in [1.82, 2.24) is 5.32 Å². The summed E-state index contributed by atoms with van der Waals surface area (Å²) in [6.07, 6.45) is 3.44. The summed E-state index contributed by atoms with van der Waals surface area (Å²) in [5.41, 5.74) is 7.19. The topological polar surface area (TPSA) is 51.2 Å². The Bertz CT molecular complexity index is 359. The van der Waals surface area contributed by atoms with E-state index >= 15 is 0 Å². The van der Waals surface area contributed by atoms with Gasteiger partial charge in [-0.05, 0) is 46.1 Å². The second-order valence-electron chi connectivity index (χ2n) is 5.03. The molecular weight excluding hydrogens is 200 g/mol. The van der Waals surface area contributed by atoms with E-state index in [0.29, 0.717) is 18.1 Å². The number of hydrogen-bond acceptors (Lipinski definition) is 3. The smallest absolute Gasteiger partial charge is 0.105 e. The van der Waals surface area contributed by atoms with Gasteiger partial charge in [-0.3, -0.25) is 0 Å². The molecule has 0 radical (unpaired) electrons. The fourth-order valence-corrected chi connectivity index (χ4v) is 2.69. The van der Waals surface area contributed by atoms with Gasteiger partial charge in [0.1, 0.15) is 11.5 Å². The highest BCUT2D eigenvalue weighted by atomic mass is 16.3. The Balaban J connectivity index is 1.97. The van der Waals surface area contributed by atoms with Gasteiger partial charge in [0.2, 0.25) is 0 Å². The molecule has 1 heterocycles. The van der Waals surface area contributed by atoms with Gasteiger partial charge in [-0.25, -0.2) is 0 Å². The molecule has 1 aromatic heterocycles. The number of aryl methyl sites for hydroxylation is 2. The van der Waals surface area contributed by atoms with Gasteiger partial charge in [0.15, 0.2) is 0 Å². The Labute approximate surface area is 97.4 Å². The van der Waals surface area contributed by atoms with Crippen LogP contribution in [-0.2, 0) is 0 Å². The lowest BCUT2D eigenvalue weighted by Gasteiger charge is -2.18. The molecule has 3 nitrogen and oxygen atoms in total. The van der Waals surface area contributed by atoms with Crippen molar-refractivity contribution in [2.45, 2.75) is 58.2 Å². The Kier molecular flexibility index (Phi) is 3.36. The van der Waals surface area contributed by atoms with Crippen LogP contribution in [0.2, 0.25) is 0 Å². The van der Waals surface area contributed by atoms with Crippen molar-refractivity contribution in [3.05, 3.63) is 23.2 Å². The molecule has 1 aromatic rings. The van der Waals surface area contributed by atoms with E-state index in [1.165, 1.54) is 12.0 Å². The van der Waals surface area contributed by atoms with E-state index in [0.717, 1.165) is 24.4 Å². The quantitative estimate of drug-likeness (QED) is 0.825. The van der Waals surface area contributed by atoms with Crippen LogP contribution in [0.4, 0.5) is 0 Å². The van der Waals surface area contributed by atoms with Crippen LogP contribution >= 0.6 is 0 Å². The van der Waals surface area contributed by atoms with Crippen molar-refractivity contribution in [2.75, 3.05) is 0 Å². The third-order valence-electron chi connectivity index (χ3n) is 3.50. The van der Waals surface area contributed by atoms with Crippen molar-refractivity contribution >= 4 is 0 Å². The molecule has 3 N–H and O–H groups in total. The number of rotatable bonds is 3. The molecular formula is C13H22N2O. The van der Waals surface area contributed by atoms with Crippen molar-refractivity contribution < 1.29 is 4.42 Å². The van der Waals surface area contributed by atoms with Gasteiger partial charge in [-0.2, -0.15) is 0 Å². The molecule has 0 aromatic carbocycles. The van der Waals surface area contributed by atoms with Gasteiger partial charge in [0.05, 0.1) is 0 Å². The van der Waals surface area contributed by atoms with Crippen LogP contribution < -0.4 is 11.1 Å². The van der Waals surface area contributed by atoms with Gasteiger partial charge in [-0.15, -0.1) is 0 Å². The van der Waals surface area contributed by atoms with Gasteiger partial charge in [0, 0.05) is 23.7 Å². The Hall–Kier alpha value is -0.800. The Morgan fingerprint density at radius 3 is 2.69 bits per heavy atom. The molecule has 3 heteroatoms. The standard InChI is InChI=1S/C13H22N2O/c1-8-6-13(10(3)16-8)9(2)15-12-5-4-11(14)7-12/h6,9,11-12,15H,4-5,7,14H2,1-3H3. The maximum atomic E-state index is 5.92. The maximum Gasteiger partial charge on any atom is 0.105 e. The monoisotopic (exact) mass is 222 g/mol.